The van der Waals surface area contributed by atoms with Crippen LogP contribution in [0.5, 0.6) is 17.2 Å². The molecule has 0 saturated heterocycles. The topological polar surface area (TPSA) is 57.7 Å². The Morgan fingerprint density at radius 3 is 2.30 bits per heavy atom. The van der Waals surface area contributed by atoms with Gasteiger partial charge in [0.1, 0.15) is 0 Å². The number of nitrogens with zero attached hydrogens (tertiary/aromatic N) is 1. The Labute approximate surface area is 169 Å². The number of hydrogen-bond donors (Lipinski definition) is 0. The first-order chi connectivity index (χ1) is 12.9. The van der Waals surface area contributed by atoms with Crippen LogP contribution in [0.3, 0.4) is 0 Å². The lowest BCUT2D eigenvalue weighted by Gasteiger charge is -2.18. The fourth-order valence-electron chi connectivity index (χ4n) is 2.52. The summed E-state index contributed by atoms with van der Waals surface area (Å²) in [6, 6.07) is 3.34. The second-order valence-corrected chi connectivity index (χ2v) is 7.20. The maximum atomic E-state index is 13.0. The van der Waals surface area contributed by atoms with Crippen LogP contribution in [0, 0.1) is 5.92 Å². The smallest absolute Gasteiger partial charge is 0.204 e. The number of pyridine rings is 1. The molecule has 0 aliphatic rings. The second kappa shape index (κ2) is 9.81. The molecule has 0 aliphatic carbocycles. The quantitative estimate of drug-likeness (QED) is 0.526. The summed E-state index contributed by atoms with van der Waals surface area (Å²) in [5.74, 6) is 1.53. The van der Waals surface area contributed by atoms with Crippen molar-refractivity contribution in [2.75, 3.05) is 20.8 Å². The molecule has 0 atom stereocenters. The maximum Gasteiger partial charge on any atom is 0.204 e. The largest absolute Gasteiger partial charge is 0.493 e. The van der Waals surface area contributed by atoms with Crippen molar-refractivity contribution in [2.24, 2.45) is 5.92 Å². The Bertz CT molecular complexity index is 789. The minimum absolute atomic E-state index is 0.0240. The molecule has 0 radical (unpaired) electrons. The van der Waals surface area contributed by atoms with Crippen LogP contribution in [-0.4, -0.2) is 31.6 Å². The molecule has 146 valence electrons. The van der Waals surface area contributed by atoms with Gasteiger partial charge in [0.2, 0.25) is 5.75 Å². The van der Waals surface area contributed by atoms with Gasteiger partial charge in [0, 0.05) is 24.4 Å². The Balaban J connectivity index is 2.40. The van der Waals surface area contributed by atoms with Crippen molar-refractivity contribution in [1.29, 1.82) is 0 Å². The van der Waals surface area contributed by atoms with Gasteiger partial charge >= 0.3 is 0 Å². The maximum absolute atomic E-state index is 13.0. The summed E-state index contributed by atoms with van der Waals surface area (Å²) in [5, 5.41) is 0.692. The molecule has 0 N–H and O–H groups in total. The first-order valence-corrected chi connectivity index (χ1v) is 9.33. The van der Waals surface area contributed by atoms with E-state index in [1.165, 1.54) is 26.6 Å². The highest BCUT2D eigenvalue weighted by atomic mass is 35.5. The molecular formula is C20H23Cl2NO4. The van der Waals surface area contributed by atoms with Crippen LogP contribution in [-0.2, 0) is 6.42 Å². The van der Waals surface area contributed by atoms with Crippen LogP contribution in [0.2, 0.25) is 10.0 Å². The van der Waals surface area contributed by atoms with Gasteiger partial charge in [-0.15, -0.1) is 0 Å². The van der Waals surface area contributed by atoms with E-state index in [0.717, 1.165) is 6.42 Å². The van der Waals surface area contributed by atoms with E-state index in [0.29, 0.717) is 50.9 Å². The lowest BCUT2D eigenvalue weighted by Crippen LogP contribution is -2.11. The molecule has 0 unspecified atom stereocenters. The number of carbonyl (C=O) groups is 1. The van der Waals surface area contributed by atoms with E-state index in [1.807, 2.05) is 0 Å². The van der Waals surface area contributed by atoms with Crippen molar-refractivity contribution in [3.05, 3.63) is 45.7 Å². The van der Waals surface area contributed by atoms with E-state index in [-0.39, 0.29) is 12.2 Å². The molecule has 0 spiro atoms. The first kappa shape index (κ1) is 21.3. The van der Waals surface area contributed by atoms with Crippen LogP contribution in [0.4, 0.5) is 0 Å². The average Bonchev–Trinajstić information content (AvgIpc) is 2.63. The van der Waals surface area contributed by atoms with Crippen molar-refractivity contribution in [3.63, 3.8) is 0 Å². The number of aromatic nitrogens is 1. The van der Waals surface area contributed by atoms with Crippen LogP contribution in [0.25, 0.3) is 0 Å². The summed E-state index contributed by atoms with van der Waals surface area (Å²) in [6.07, 6.45) is 3.79. The number of halogens is 2. The predicted molar refractivity (Wildman–Crippen MR) is 107 cm³/mol. The van der Waals surface area contributed by atoms with Gasteiger partial charge < -0.3 is 14.2 Å². The molecule has 1 aromatic carbocycles. The first-order valence-electron chi connectivity index (χ1n) is 8.57. The van der Waals surface area contributed by atoms with Gasteiger partial charge in [-0.1, -0.05) is 37.0 Å². The van der Waals surface area contributed by atoms with Gasteiger partial charge in [-0.2, -0.15) is 0 Å². The molecule has 2 aromatic rings. The number of hydrogen-bond acceptors (Lipinski definition) is 5. The summed E-state index contributed by atoms with van der Waals surface area (Å²) < 4.78 is 16.7. The monoisotopic (exact) mass is 411 g/mol. The molecule has 1 aromatic heterocycles. The van der Waals surface area contributed by atoms with Crippen LogP contribution in [0.15, 0.2) is 24.5 Å². The Hall–Kier alpha value is -1.98. The van der Waals surface area contributed by atoms with Crippen LogP contribution in [0.1, 0.15) is 36.2 Å². The number of rotatable bonds is 9. The normalized spacial score (nSPS) is 10.8. The highest BCUT2D eigenvalue weighted by molar-refractivity contribution is 6.36. The predicted octanol–water partition coefficient (Wildman–Crippen LogP) is 5.26. The molecule has 2 rings (SSSR count). The van der Waals surface area contributed by atoms with E-state index >= 15 is 0 Å². The molecule has 0 bridgehead atoms. The third-order valence-electron chi connectivity index (χ3n) is 4.03. The summed E-state index contributed by atoms with van der Waals surface area (Å²) in [4.78, 5) is 16.9. The minimum atomic E-state index is -0.189. The van der Waals surface area contributed by atoms with Gasteiger partial charge in [-0.05, 0) is 24.5 Å². The molecule has 0 saturated carbocycles. The number of Topliss-reactive ketones (excluding diaryl/α,β-unsaturated/α-hetero) is 1. The molecule has 0 fully saturated rings. The van der Waals surface area contributed by atoms with Gasteiger partial charge in [0.15, 0.2) is 17.3 Å². The Morgan fingerprint density at radius 1 is 1.07 bits per heavy atom. The van der Waals surface area contributed by atoms with E-state index in [1.54, 1.807) is 12.1 Å². The molecule has 27 heavy (non-hydrogen) atoms. The summed E-state index contributed by atoms with van der Waals surface area (Å²) in [5.41, 5.74) is 0.918. The lowest BCUT2D eigenvalue weighted by molar-refractivity contribution is 0.0988. The minimum Gasteiger partial charge on any atom is -0.493 e. The second-order valence-electron chi connectivity index (χ2n) is 6.39. The highest BCUT2D eigenvalue weighted by Gasteiger charge is 2.23. The van der Waals surface area contributed by atoms with Crippen molar-refractivity contribution in [2.45, 2.75) is 26.7 Å². The number of ketones is 1. The van der Waals surface area contributed by atoms with E-state index in [4.69, 9.17) is 37.4 Å². The third-order valence-corrected chi connectivity index (χ3v) is 4.68. The average molecular weight is 412 g/mol. The zero-order valence-electron chi connectivity index (χ0n) is 15.8. The number of methoxy groups -OCH3 is 2. The SMILES string of the molecule is COc1ccc(C(=O)Cc2c(Cl)cncc2Cl)c(OCCC(C)C)c1OC. The summed E-state index contributed by atoms with van der Waals surface area (Å²) in [7, 11) is 3.05. The number of benzene rings is 1. The van der Waals surface area contributed by atoms with E-state index in [9.17, 15) is 4.79 Å². The van der Waals surface area contributed by atoms with E-state index < -0.39 is 0 Å². The standard InChI is InChI=1S/C20H23Cl2NO4/c1-12(2)7-8-27-19-13(5-6-18(25-3)20(19)26-4)17(24)9-14-15(21)10-23-11-16(14)22/h5-6,10-12H,7-9H2,1-4H3. The van der Waals surface area contributed by atoms with Crippen LogP contribution >= 0.6 is 23.2 Å². The van der Waals surface area contributed by atoms with Crippen LogP contribution < -0.4 is 14.2 Å². The summed E-state index contributed by atoms with van der Waals surface area (Å²) in [6.45, 7) is 4.66. The Kier molecular flexibility index (Phi) is 7.75. The molecule has 1 heterocycles. The van der Waals surface area contributed by atoms with Crippen molar-refractivity contribution >= 4 is 29.0 Å². The molecule has 7 heteroatoms. The lowest BCUT2D eigenvalue weighted by atomic mass is 10.0. The van der Waals surface area contributed by atoms with Gasteiger partial charge in [-0.3, -0.25) is 9.78 Å². The Morgan fingerprint density at radius 2 is 1.74 bits per heavy atom. The van der Waals surface area contributed by atoms with Crippen molar-refractivity contribution < 1.29 is 19.0 Å². The number of ether oxygens (including phenoxy) is 3. The van der Waals surface area contributed by atoms with Gasteiger partial charge in [0.25, 0.3) is 0 Å². The fourth-order valence-corrected chi connectivity index (χ4v) is 3.02. The molecule has 0 aliphatic heterocycles. The van der Waals surface area contributed by atoms with Gasteiger partial charge in [-0.25, -0.2) is 0 Å². The zero-order chi connectivity index (χ0) is 20.0. The highest BCUT2D eigenvalue weighted by Crippen LogP contribution is 2.41. The van der Waals surface area contributed by atoms with Crippen molar-refractivity contribution in [3.8, 4) is 17.2 Å². The third kappa shape index (κ3) is 5.27. The zero-order valence-corrected chi connectivity index (χ0v) is 17.4. The van der Waals surface area contributed by atoms with Gasteiger partial charge in [0.05, 0.1) is 36.4 Å². The molecular weight excluding hydrogens is 389 g/mol. The number of carbonyl (C=O) groups excluding carboxylic acids is 1. The fraction of sp³-hybridized carbons (Fsp3) is 0.400. The summed E-state index contributed by atoms with van der Waals surface area (Å²) >= 11 is 12.3. The molecule has 0 amide bonds. The molecule has 5 nitrogen and oxygen atoms in total. The van der Waals surface area contributed by atoms with Crippen molar-refractivity contribution in [1.82, 2.24) is 4.98 Å². The van der Waals surface area contributed by atoms with E-state index in [2.05, 4.69) is 18.8 Å².